The Morgan fingerprint density at radius 3 is 2.40 bits per heavy atom. The highest BCUT2D eigenvalue weighted by atomic mass is 16.5. The summed E-state index contributed by atoms with van der Waals surface area (Å²) < 4.78 is 11.1. The number of phenolic OH excluding ortho intramolecular Hbond substituents is 1. The predicted octanol–water partition coefficient (Wildman–Crippen LogP) is 9.46. The number of methoxy groups -OCH3 is 1. The van der Waals surface area contributed by atoms with Crippen molar-refractivity contribution in [2.45, 2.75) is 112 Å². The number of hydrogen-bond donors (Lipinski definition) is 2. The zero-order valence-corrected chi connectivity index (χ0v) is 33.3. The summed E-state index contributed by atoms with van der Waals surface area (Å²) >= 11 is 0. The molecule has 1 saturated carbocycles. The Morgan fingerprint density at radius 2 is 1.75 bits per heavy atom. The van der Waals surface area contributed by atoms with Crippen molar-refractivity contribution in [1.29, 1.82) is 0 Å². The molecular formula is C45H60N2O6. The first-order chi connectivity index (χ1) is 25.2. The Bertz CT molecular complexity index is 1770. The van der Waals surface area contributed by atoms with E-state index < -0.39 is 11.5 Å². The molecule has 3 aromatic rings. The largest absolute Gasteiger partial charge is 0.508 e. The molecule has 4 atom stereocenters. The lowest BCUT2D eigenvalue weighted by atomic mass is 9.76. The summed E-state index contributed by atoms with van der Waals surface area (Å²) in [5.41, 5.74) is 8.39. The van der Waals surface area contributed by atoms with Crippen molar-refractivity contribution in [2.24, 2.45) is 23.2 Å². The number of ketones is 1. The molecule has 1 amide bonds. The van der Waals surface area contributed by atoms with Crippen LogP contribution in [0.5, 0.6) is 5.75 Å². The number of pyridine rings is 1. The van der Waals surface area contributed by atoms with Gasteiger partial charge in [-0.3, -0.25) is 19.4 Å². The molecule has 8 nitrogen and oxygen atoms in total. The van der Waals surface area contributed by atoms with Gasteiger partial charge in [0.1, 0.15) is 5.75 Å². The monoisotopic (exact) mass is 724 g/mol. The fourth-order valence-corrected chi connectivity index (χ4v) is 7.73. The quantitative estimate of drug-likeness (QED) is 0.126. The SMILES string of the molecule is CCC(C)/C(=C(/CC(C)(C)COC=O)c1cc(-c2cc(O)cc(CC(NC(=O)C(C)C3CCCC3)C(C)=O)c2)ccc1C)c1cccnc1C(C)OC. The fourth-order valence-electron chi connectivity index (χ4n) is 7.73. The summed E-state index contributed by atoms with van der Waals surface area (Å²) in [4.78, 5) is 42.2. The summed E-state index contributed by atoms with van der Waals surface area (Å²) in [6, 6.07) is 15.1. The third kappa shape index (κ3) is 10.7. The number of rotatable bonds is 18. The predicted molar refractivity (Wildman–Crippen MR) is 212 cm³/mol. The Balaban J connectivity index is 1.84. The van der Waals surface area contributed by atoms with Gasteiger partial charge in [-0.05, 0) is 128 Å². The van der Waals surface area contributed by atoms with Gasteiger partial charge in [-0.25, -0.2) is 0 Å². The molecule has 4 rings (SSSR count). The van der Waals surface area contributed by atoms with E-state index in [-0.39, 0.29) is 48.4 Å². The number of benzene rings is 2. The molecule has 0 radical (unpaired) electrons. The number of ether oxygens (including phenoxy) is 2. The minimum Gasteiger partial charge on any atom is -0.508 e. The second-order valence-corrected chi connectivity index (χ2v) is 15.9. The van der Waals surface area contributed by atoms with Crippen LogP contribution in [0.15, 0.2) is 54.7 Å². The number of aromatic hydroxyl groups is 1. The van der Waals surface area contributed by atoms with Gasteiger partial charge < -0.3 is 19.9 Å². The molecule has 1 aromatic heterocycles. The minimum atomic E-state index is -0.693. The van der Waals surface area contributed by atoms with E-state index in [1.165, 1.54) is 12.5 Å². The Morgan fingerprint density at radius 1 is 1.04 bits per heavy atom. The van der Waals surface area contributed by atoms with E-state index in [9.17, 15) is 19.5 Å². The summed E-state index contributed by atoms with van der Waals surface area (Å²) in [5, 5.41) is 14.0. The van der Waals surface area contributed by atoms with E-state index in [1.54, 1.807) is 25.4 Å². The van der Waals surface area contributed by atoms with Crippen LogP contribution in [-0.2, 0) is 30.3 Å². The van der Waals surface area contributed by atoms with Gasteiger partial charge >= 0.3 is 0 Å². The zero-order valence-electron chi connectivity index (χ0n) is 33.3. The topological polar surface area (TPSA) is 115 Å². The van der Waals surface area contributed by atoms with E-state index >= 15 is 0 Å². The second-order valence-electron chi connectivity index (χ2n) is 15.9. The van der Waals surface area contributed by atoms with Crippen molar-refractivity contribution in [1.82, 2.24) is 10.3 Å². The molecule has 1 fully saturated rings. The third-order valence-corrected chi connectivity index (χ3v) is 11.1. The molecule has 53 heavy (non-hydrogen) atoms. The van der Waals surface area contributed by atoms with Crippen LogP contribution in [0, 0.1) is 30.1 Å². The van der Waals surface area contributed by atoms with Crippen molar-refractivity contribution in [2.75, 3.05) is 13.7 Å². The van der Waals surface area contributed by atoms with Crippen molar-refractivity contribution < 1.29 is 29.0 Å². The van der Waals surface area contributed by atoms with E-state index in [4.69, 9.17) is 14.5 Å². The number of amides is 1. The third-order valence-electron chi connectivity index (χ3n) is 11.1. The van der Waals surface area contributed by atoms with Crippen LogP contribution in [0.2, 0.25) is 0 Å². The lowest BCUT2D eigenvalue weighted by molar-refractivity contribution is -0.131. The smallest absolute Gasteiger partial charge is 0.293 e. The van der Waals surface area contributed by atoms with Gasteiger partial charge in [-0.2, -0.15) is 0 Å². The number of hydrogen-bond acceptors (Lipinski definition) is 7. The number of carbonyl (C=O) groups excluding carboxylic acids is 3. The fraction of sp³-hybridized carbons (Fsp3) is 0.511. The lowest BCUT2D eigenvalue weighted by Crippen LogP contribution is -2.44. The molecule has 0 bridgehead atoms. The molecule has 1 aliphatic rings. The number of allylic oxidation sites excluding steroid dienone is 2. The van der Waals surface area contributed by atoms with Crippen LogP contribution in [0.3, 0.4) is 0 Å². The van der Waals surface area contributed by atoms with E-state index in [1.807, 2.05) is 26.0 Å². The van der Waals surface area contributed by atoms with Gasteiger partial charge in [0, 0.05) is 30.2 Å². The van der Waals surface area contributed by atoms with Gasteiger partial charge in [0.2, 0.25) is 5.91 Å². The van der Waals surface area contributed by atoms with Crippen molar-refractivity contribution in [3.05, 3.63) is 82.7 Å². The average molecular weight is 725 g/mol. The molecule has 1 aliphatic carbocycles. The average Bonchev–Trinajstić information content (AvgIpc) is 3.68. The van der Waals surface area contributed by atoms with Crippen LogP contribution in [0.1, 0.15) is 121 Å². The highest BCUT2D eigenvalue weighted by Gasteiger charge is 2.31. The van der Waals surface area contributed by atoms with E-state index in [0.29, 0.717) is 18.8 Å². The maximum atomic E-state index is 13.2. The Labute approximate surface area is 316 Å². The van der Waals surface area contributed by atoms with Gasteiger partial charge in [0.15, 0.2) is 5.78 Å². The molecule has 286 valence electrons. The molecular weight excluding hydrogens is 665 g/mol. The summed E-state index contributed by atoms with van der Waals surface area (Å²) in [6.07, 6.45) is 7.73. The molecule has 0 aliphatic heterocycles. The van der Waals surface area contributed by atoms with Gasteiger partial charge in [-0.1, -0.05) is 71.7 Å². The highest BCUT2D eigenvalue weighted by molar-refractivity contribution is 5.94. The van der Waals surface area contributed by atoms with E-state index in [2.05, 4.69) is 64.2 Å². The maximum absolute atomic E-state index is 13.2. The standard InChI is InChI=1S/C45H60N2O6/c1-10-28(2)42(38-16-13-19-46-43(38)32(6)52-9)40(25-45(7,8)26-53-27-48)39-24-35(18-17-29(39)3)36-20-33(21-37(50)23-36)22-41(31(5)49)47-44(51)30(4)34-14-11-12-15-34/h13,16-21,23-24,27-28,30,32,34,41,50H,10-12,14-15,22,25-26H2,1-9H3,(H,47,51)/b42-40+. The van der Waals surface area contributed by atoms with Gasteiger partial charge in [0.05, 0.1) is 24.4 Å². The number of nitrogens with zero attached hydrogens (tertiary/aromatic N) is 1. The normalized spacial score (nSPS) is 16.3. The highest BCUT2D eigenvalue weighted by Crippen LogP contribution is 2.44. The number of aryl methyl sites for hydroxylation is 1. The van der Waals surface area contributed by atoms with Crippen LogP contribution < -0.4 is 5.32 Å². The van der Waals surface area contributed by atoms with Gasteiger partial charge in [0.25, 0.3) is 6.47 Å². The number of carbonyl (C=O) groups is 3. The molecule has 0 spiro atoms. The number of nitrogens with one attached hydrogen (secondary N) is 1. The molecule has 2 N–H and O–H groups in total. The zero-order chi connectivity index (χ0) is 38.9. The molecule has 4 unspecified atom stereocenters. The van der Waals surface area contributed by atoms with Crippen molar-refractivity contribution in [3.63, 3.8) is 0 Å². The van der Waals surface area contributed by atoms with Crippen LogP contribution in [0.4, 0.5) is 0 Å². The van der Waals surface area contributed by atoms with Gasteiger partial charge in [-0.15, -0.1) is 0 Å². The Kier molecular flexibility index (Phi) is 14.6. The summed E-state index contributed by atoms with van der Waals surface area (Å²) in [6.45, 7) is 17.0. The molecule has 0 saturated heterocycles. The molecule has 2 aromatic carbocycles. The van der Waals surface area contributed by atoms with Crippen LogP contribution >= 0.6 is 0 Å². The number of Topliss-reactive ketones (excluding diaryl/α,β-unsaturated/α-hetero) is 1. The lowest BCUT2D eigenvalue weighted by Gasteiger charge is -2.31. The first kappa shape index (κ1) is 41.5. The minimum absolute atomic E-state index is 0.0873. The van der Waals surface area contributed by atoms with Crippen molar-refractivity contribution >= 4 is 29.3 Å². The van der Waals surface area contributed by atoms with E-state index in [0.717, 1.165) is 76.8 Å². The maximum Gasteiger partial charge on any atom is 0.293 e. The van der Waals surface area contributed by atoms with Crippen molar-refractivity contribution in [3.8, 4) is 16.9 Å². The molecule has 8 heteroatoms. The summed E-state index contributed by atoms with van der Waals surface area (Å²) in [7, 11) is 1.69. The number of phenols is 1. The number of aromatic nitrogens is 1. The first-order valence-corrected chi connectivity index (χ1v) is 19.2. The van der Waals surface area contributed by atoms with Crippen LogP contribution in [-0.4, -0.2) is 48.0 Å². The summed E-state index contributed by atoms with van der Waals surface area (Å²) in [5.74, 6) is 0.236. The van der Waals surface area contributed by atoms with Crippen LogP contribution in [0.25, 0.3) is 22.3 Å². The molecule has 1 heterocycles. The Hall–Kier alpha value is -4.30. The first-order valence-electron chi connectivity index (χ1n) is 19.2. The second kappa shape index (κ2) is 18.6.